The van der Waals surface area contributed by atoms with Gasteiger partial charge in [-0.3, -0.25) is 0 Å². The Bertz CT molecular complexity index is 549. The van der Waals surface area contributed by atoms with Crippen LogP contribution in [-0.2, 0) is 4.65 Å². The second-order valence-electron chi connectivity index (χ2n) is 7.52. The van der Waals surface area contributed by atoms with Gasteiger partial charge >= 0.3 is 7.12 Å². The van der Waals surface area contributed by atoms with Crippen LogP contribution in [0.2, 0.25) is 0 Å². The van der Waals surface area contributed by atoms with Crippen LogP contribution in [0.1, 0.15) is 47.0 Å². The minimum Gasteiger partial charge on any atom is -0.497 e. The van der Waals surface area contributed by atoms with Gasteiger partial charge < -0.3 is 24.3 Å². The lowest BCUT2D eigenvalue weighted by Gasteiger charge is -2.38. The van der Waals surface area contributed by atoms with E-state index in [-0.39, 0.29) is 0 Å². The average Bonchev–Trinajstić information content (AvgIpc) is 2.43. The van der Waals surface area contributed by atoms with Crippen molar-refractivity contribution in [3.8, 4) is 11.5 Å². The molecule has 134 valence electrons. The third-order valence-corrected chi connectivity index (χ3v) is 5.07. The van der Waals surface area contributed by atoms with Gasteiger partial charge in [0.25, 0.3) is 0 Å². The number of ether oxygens (including phenoxy) is 2. The Morgan fingerprint density at radius 2 is 1.79 bits per heavy atom. The molecule has 0 spiro atoms. The molecule has 6 heteroatoms. The standard InChI is InChI=1S/C18H29BO5/c1-17(2,20)18(3,4)24-19(21)16-14(22-5)10-7-11-15(16)23-12-13-8-6-9-13/h7,10-11,13,20-21H,6,8-9,12H2,1-5H3. The molecule has 0 amide bonds. The summed E-state index contributed by atoms with van der Waals surface area (Å²) in [6.45, 7) is 7.40. The second-order valence-corrected chi connectivity index (χ2v) is 7.52. The maximum Gasteiger partial charge on any atom is 0.499 e. The van der Waals surface area contributed by atoms with E-state index in [4.69, 9.17) is 14.1 Å². The molecular weight excluding hydrogens is 307 g/mol. The maximum atomic E-state index is 10.7. The Morgan fingerprint density at radius 3 is 2.29 bits per heavy atom. The predicted octanol–water partition coefficient (Wildman–Crippen LogP) is 2.13. The summed E-state index contributed by atoms with van der Waals surface area (Å²) in [6, 6.07) is 5.39. The monoisotopic (exact) mass is 336 g/mol. The number of hydrogen-bond donors (Lipinski definition) is 2. The smallest absolute Gasteiger partial charge is 0.497 e. The van der Waals surface area contributed by atoms with Crippen molar-refractivity contribution in [3.63, 3.8) is 0 Å². The molecule has 0 aliphatic heterocycles. The fourth-order valence-corrected chi connectivity index (χ4v) is 2.42. The summed E-state index contributed by atoms with van der Waals surface area (Å²) in [4.78, 5) is 0. The highest BCUT2D eigenvalue weighted by Crippen LogP contribution is 2.29. The zero-order valence-corrected chi connectivity index (χ0v) is 15.3. The summed E-state index contributed by atoms with van der Waals surface area (Å²) in [5.74, 6) is 1.63. The first-order valence-corrected chi connectivity index (χ1v) is 8.53. The maximum absolute atomic E-state index is 10.7. The van der Waals surface area contributed by atoms with Gasteiger partial charge in [0.2, 0.25) is 0 Å². The van der Waals surface area contributed by atoms with Crippen LogP contribution in [0.4, 0.5) is 0 Å². The first-order chi connectivity index (χ1) is 11.2. The molecule has 1 fully saturated rings. The fourth-order valence-electron chi connectivity index (χ4n) is 2.42. The van der Waals surface area contributed by atoms with Crippen molar-refractivity contribution in [2.24, 2.45) is 5.92 Å². The Morgan fingerprint density at radius 1 is 1.17 bits per heavy atom. The van der Waals surface area contributed by atoms with E-state index >= 15 is 0 Å². The fraction of sp³-hybridized carbons (Fsp3) is 0.667. The van der Waals surface area contributed by atoms with Crippen LogP contribution in [0, 0.1) is 5.92 Å². The van der Waals surface area contributed by atoms with E-state index in [1.54, 1.807) is 46.9 Å². The van der Waals surface area contributed by atoms with Crippen LogP contribution >= 0.6 is 0 Å². The SMILES string of the molecule is COc1cccc(OCC2CCC2)c1B(O)OC(C)(C)C(C)(C)O. The summed E-state index contributed by atoms with van der Waals surface area (Å²) in [5.41, 5.74) is -1.63. The molecule has 1 aliphatic rings. The summed E-state index contributed by atoms with van der Waals surface area (Å²) in [5, 5.41) is 20.9. The lowest BCUT2D eigenvalue weighted by atomic mass is 9.75. The lowest BCUT2D eigenvalue weighted by molar-refractivity contribution is -0.0983. The molecule has 24 heavy (non-hydrogen) atoms. The molecule has 0 bridgehead atoms. The van der Waals surface area contributed by atoms with E-state index in [9.17, 15) is 10.1 Å². The molecular formula is C18H29BO5. The van der Waals surface area contributed by atoms with Gasteiger partial charge in [0, 0.05) is 0 Å². The summed E-state index contributed by atoms with van der Waals surface area (Å²) in [6.07, 6.45) is 3.62. The minimum absolute atomic E-state index is 0.455. The van der Waals surface area contributed by atoms with Crippen LogP contribution in [0.15, 0.2) is 18.2 Å². The van der Waals surface area contributed by atoms with Gasteiger partial charge in [-0.1, -0.05) is 12.5 Å². The van der Waals surface area contributed by atoms with Crippen molar-refractivity contribution in [1.29, 1.82) is 0 Å². The zero-order chi connectivity index (χ0) is 18.0. The molecule has 0 unspecified atom stereocenters. The number of benzene rings is 1. The van der Waals surface area contributed by atoms with Gasteiger partial charge in [-0.15, -0.1) is 0 Å². The van der Waals surface area contributed by atoms with Crippen LogP contribution < -0.4 is 14.9 Å². The lowest BCUT2D eigenvalue weighted by Crippen LogP contribution is -2.53. The Hall–Kier alpha value is -1.24. The van der Waals surface area contributed by atoms with Gasteiger partial charge in [-0.05, 0) is 58.6 Å². The summed E-state index contributed by atoms with van der Waals surface area (Å²) < 4.78 is 17.1. The molecule has 5 nitrogen and oxygen atoms in total. The van der Waals surface area contributed by atoms with Crippen molar-refractivity contribution in [2.45, 2.75) is 58.2 Å². The molecule has 1 aromatic carbocycles. The zero-order valence-electron chi connectivity index (χ0n) is 15.3. The molecule has 0 radical (unpaired) electrons. The molecule has 0 heterocycles. The minimum atomic E-state index is -1.26. The van der Waals surface area contributed by atoms with Gasteiger partial charge in [0.05, 0.1) is 30.4 Å². The number of methoxy groups -OCH3 is 1. The van der Waals surface area contributed by atoms with E-state index in [0.29, 0.717) is 29.5 Å². The van der Waals surface area contributed by atoms with Gasteiger partial charge in [-0.2, -0.15) is 0 Å². The highest BCUT2D eigenvalue weighted by molar-refractivity contribution is 6.62. The Kier molecular flexibility index (Phi) is 5.84. The van der Waals surface area contributed by atoms with Crippen molar-refractivity contribution in [1.82, 2.24) is 0 Å². The first-order valence-electron chi connectivity index (χ1n) is 8.53. The molecule has 0 atom stereocenters. The number of aliphatic hydroxyl groups is 1. The number of rotatable bonds is 8. The molecule has 0 aromatic heterocycles. The Labute approximate surface area is 145 Å². The molecule has 1 saturated carbocycles. The topological polar surface area (TPSA) is 68.2 Å². The second kappa shape index (κ2) is 7.34. The van der Waals surface area contributed by atoms with E-state index in [1.807, 2.05) is 6.07 Å². The van der Waals surface area contributed by atoms with Crippen LogP contribution in [0.25, 0.3) is 0 Å². The van der Waals surface area contributed by atoms with Crippen molar-refractivity contribution < 1.29 is 24.3 Å². The van der Waals surface area contributed by atoms with Crippen LogP contribution in [-0.4, -0.2) is 42.2 Å². The highest BCUT2D eigenvalue weighted by Gasteiger charge is 2.41. The molecule has 1 aromatic rings. The largest absolute Gasteiger partial charge is 0.499 e. The van der Waals surface area contributed by atoms with Crippen LogP contribution in [0.5, 0.6) is 11.5 Å². The average molecular weight is 336 g/mol. The first kappa shape index (κ1) is 19.1. The molecule has 2 rings (SSSR count). The highest BCUT2D eigenvalue weighted by atomic mass is 16.6. The Balaban J connectivity index is 2.22. The predicted molar refractivity (Wildman–Crippen MR) is 94.9 cm³/mol. The van der Waals surface area contributed by atoms with Crippen molar-refractivity contribution in [3.05, 3.63) is 18.2 Å². The van der Waals surface area contributed by atoms with Gasteiger partial charge in [0.1, 0.15) is 11.5 Å². The van der Waals surface area contributed by atoms with E-state index in [2.05, 4.69) is 0 Å². The quantitative estimate of drug-likeness (QED) is 0.712. The summed E-state index contributed by atoms with van der Waals surface area (Å²) in [7, 11) is 0.279. The third kappa shape index (κ3) is 4.24. The van der Waals surface area contributed by atoms with Crippen molar-refractivity contribution >= 4 is 12.6 Å². The normalized spacial score (nSPS) is 15.8. The number of hydrogen-bond acceptors (Lipinski definition) is 5. The molecule has 0 saturated heterocycles. The van der Waals surface area contributed by atoms with E-state index in [0.717, 1.165) is 0 Å². The van der Waals surface area contributed by atoms with E-state index < -0.39 is 18.3 Å². The van der Waals surface area contributed by atoms with Crippen molar-refractivity contribution in [2.75, 3.05) is 13.7 Å². The van der Waals surface area contributed by atoms with Crippen LogP contribution in [0.3, 0.4) is 0 Å². The van der Waals surface area contributed by atoms with Gasteiger partial charge in [0.15, 0.2) is 0 Å². The van der Waals surface area contributed by atoms with E-state index in [1.165, 1.54) is 19.3 Å². The molecule has 1 aliphatic carbocycles. The summed E-state index contributed by atoms with van der Waals surface area (Å²) >= 11 is 0. The van der Waals surface area contributed by atoms with Gasteiger partial charge in [-0.25, -0.2) is 0 Å². The molecule has 2 N–H and O–H groups in total. The third-order valence-electron chi connectivity index (χ3n) is 5.07.